The van der Waals surface area contributed by atoms with Gasteiger partial charge < -0.3 is 9.72 Å². The van der Waals surface area contributed by atoms with Gasteiger partial charge in [0.25, 0.3) is 5.56 Å². The molecular formula is C10H15BrN2O2. The van der Waals surface area contributed by atoms with Gasteiger partial charge in [0.15, 0.2) is 0 Å². The molecule has 4 nitrogen and oxygen atoms in total. The third-order valence-corrected chi connectivity index (χ3v) is 3.29. The van der Waals surface area contributed by atoms with Gasteiger partial charge in [-0.15, -0.1) is 0 Å². The second kappa shape index (κ2) is 4.90. The molecule has 0 aliphatic carbocycles. The van der Waals surface area contributed by atoms with Gasteiger partial charge in [0.05, 0.1) is 0 Å². The summed E-state index contributed by atoms with van der Waals surface area (Å²) in [7, 11) is 1.63. The summed E-state index contributed by atoms with van der Waals surface area (Å²) in [6.45, 7) is 4.02. The highest BCUT2D eigenvalue weighted by Crippen LogP contribution is 2.28. The lowest BCUT2D eigenvalue weighted by atomic mass is 9.96. The fourth-order valence-electron chi connectivity index (χ4n) is 1.58. The number of aromatic amines is 1. The van der Waals surface area contributed by atoms with Crippen molar-refractivity contribution in [3.05, 3.63) is 26.8 Å². The lowest BCUT2D eigenvalue weighted by Gasteiger charge is -2.28. The van der Waals surface area contributed by atoms with Crippen molar-refractivity contribution in [3.63, 3.8) is 0 Å². The van der Waals surface area contributed by atoms with E-state index in [0.29, 0.717) is 10.3 Å². The van der Waals surface area contributed by atoms with Crippen LogP contribution in [0.4, 0.5) is 0 Å². The number of nitrogens with zero attached hydrogens (tertiary/aromatic N) is 1. The summed E-state index contributed by atoms with van der Waals surface area (Å²) in [6.07, 6.45) is 3.04. The highest BCUT2D eigenvalue weighted by molar-refractivity contribution is 9.10. The van der Waals surface area contributed by atoms with E-state index in [1.807, 2.05) is 13.8 Å². The first kappa shape index (κ1) is 12.4. The van der Waals surface area contributed by atoms with Gasteiger partial charge in [0.1, 0.15) is 15.9 Å². The first-order valence-corrected chi connectivity index (χ1v) is 5.69. The van der Waals surface area contributed by atoms with Gasteiger partial charge in [-0.3, -0.25) is 4.79 Å². The maximum atomic E-state index is 11.4. The highest BCUT2D eigenvalue weighted by atomic mass is 79.9. The van der Waals surface area contributed by atoms with Crippen molar-refractivity contribution in [1.29, 1.82) is 0 Å². The van der Waals surface area contributed by atoms with Gasteiger partial charge in [-0.25, -0.2) is 4.98 Å². The Morgan fingerprint density at radius 2 is 2.13 bits per heavy atom. The monoisotopic (exact) mass is 274 g/mol. The number of hydrogen-bond acceptors (Lipinski definition) is 3. The molecule has 0 fully saturated rings. The molecule has 1 heterocycles. The summed E-state index contributed by atoms with van der Waals surface area (Å²) in [4.78, 5) is 18.4. The molecule has 84 valence electrons. The predicted octanol–water partition coefficient (Wildman–Crippen LogP) is 2.19. The zero-order chi connectivity index (χ0) is 11.5. The van der Waals surface area contributed by atoms with Crippen LogP contribution in [-0.2, 0) is 10.3 Å². The van der Waals surface area contributed by atoms with Gasteiger partial charge in [0, 0.05) is 13.3 Å². The van der Waals surface area contributed by atoms with Crippen LogP contribution in [0.1, 0.15) is 32.5 Å². The Morgan fingerprint density at radius 1 is 1.53 bits per heavy atom. The van der Waals surface area contributed by atoms with Crippen molar-refractivity contribution in [2.75, 3.05) is 7.11 Å². The third kappa shape index (κ3) is 2.29. The van der Waals surface area contributed by atoms with Crippen molar-refractivity contribution in [3.8, 4) is 0 Å². The van der Waals surface area contributed by atoms with E-state index in [-0.39, 0.29) is 5.56 Å². The average Bonchev–Trinajstić information content (AvgIpc) is 2.26. The van der Waals surface area contributed by atoms with E-state index < -0.39 is 5.60 Å². The molecule has 0 amide bonds. The van der Waals surface area contributed by atoms with E-state index >= 15 is 0 Å². The molecule has 0 saturated heterocycles. The third-order valence-electron chi connectivity index (χ3n) is 2.72. The van der Waals surface area contributed by atoms with E-state index in [0.717, 1.165) is 12.8 Å². The van der Waals surface area contributed by atoms with Crippen molar-refractivity contribution < 1.29 is 4.74 Å². The van der Waals surface area contributed by atoms with Crippen LogP contribution in [0.15, 0.2) is 15.5 Å². The van der Waals surface area contributed by atoms with E-state index in [1.54, 1.807) is 7.11 Å². The molecule has 1 aromatic rings. The zero-order valence-corrected chi connectivity index (χ0v) is 10.7. The van der Waals surface area contributed by atoms with Crippen LogP contribution in [0, 0.1) is 0 Å². The average molecular weight is 275 g/mol. The number of methoxy groups -OCH3 is 1. The fraction of sp³-hybridized carbons (Fsp3) is 0.600. The first-order valence-electron chi connectivity index (χ1n) is 4.90. The van der Waals surface area contributed by atoms with Crippen LogP contribution in [0.3, 0.4) is 0 Å². The number of aromatic nitrogens is 2. The van der Waals surface area contributed by atoms with Gasteiger partial charge in [-0.1, -0.05) is 13.8 Å². The van der Waals surface area contributed by atoms with Crippen LogP contribution in [0.2, 0.25) is 0 Å². The Morgan fingerprint density at radius 3 is 2.53 bits per heavy atom. The molecule has 1 N–H and O–H groups in total. The molecule has 5 heteroatoms. The second-order valence-electron chi connectivity index (χ2n) is 3.31. The molecule has 0 bridgehead atoms. The summed E-state index contributed by atoms with van der Waals surface area (Å²) in [5.74, 6) is 0.586. The van der Waals surface area contributed by atoms with E-state index in [9.17, 15) is 4.79 Å². The molecule has 1 aromatic heterocycles. The summed E-state index contributed by atoms with van der Waals surface area (Å²) in [5, 5.41) is 0. The van der Waals surface area contributed by atoms with Crippen LogP contribution < -0.4 is 5.56 Å². The second-order valence-corrected chi connectivity index (χ2v) is 4.17. The number of ether oxygens (including phenoxy) is 1. The maximum Gasteiger partial charge on any atom is 0.265 e. The van der Waals surface area contributed by atoms with Crippen molar-refractivity contribution in [2.24, 2.45) is 0 Å². The highest BCUT2D eigenvalue weighted by Gasteiger charge is 2.30. The number of halogens is 1. The quantitative estimate of drug-likeness (QED) is 0.916. The summed E-state index contributed by atoms with van der Waals surface area (Å²) >= 11 is 3.11. The number of hydrogen-bond donors (Lipinski definition) is 1. The smallest absolute Gasteiger partial charge is 0.265 e. The molecule has 1 rings (SSSR count). The van der Waals surface area contributed by atoms with Crippen LogP contribution in [-0.4, -0.2) is 17.1 Å². The molecule has 0 unspecified atom stereocenters. The molecule has 0 saturated carbocycles. The minimum Gasteiger partial charge on any atom is -0.370 e. The number of nitrogens with one attached hydrogen (secondary N) is 1. The molecular weight excluding hydrogens is 260 g/mol. The molecule has 0 aliphatic rings. The predicted molar refractivity (Wildman–Crippen MR) is 61.8 cm³/mol. The minimum absolute atomic E-state index is 0.177. The maximum absolute atomic E-state index is 11.4. The molecule has 0 spiro atoms. The number of H-pyrrole nitrogens is 1. The van der Waals surface area contributed by atoms with E-state index in [1.165, 1.54) is 6.20 Å². The molecule has 0 aliphatic heterocycles. The Hall–Kier alpha value is -0.680. The Balaban J connectivity index is 3.23. The molecule has 0 atom stereocenters. The Labute approximate surface area is 97.2 Å². The lowest BCUT2D eigenvalue weighted by Crippen LogP contribution is -2.31. The van der Waals surface area contributed by atoms with Crippen molar-refractivity contribution >= 4 is 15.9 Å². The summed E-state index contributed by atoms with van der Waals surface area (Å²) in [6, 6.07) is 0. The van der Waals surface area contributed by atoms with Crippen molar-refractivity contribution in [2.45, 2.75) is 32.3 Å². The normalized spacial score (nSPS) is 11.7. The SMILES string of the molecule is CCC(CC)(OC)c1ncc(Br)c(=O)[nH]1. The van der Waals surface area contributed by atoms with Gasteiger partial charge in [-0.2, -0.15) is 0 Å². The molecule has 0 aromatic carbocycles. The van der Waals surface area contributed by atoms with Crippen LogP contribution >= 0.6 is 15.9 Å². The first-order chi connectivity index (χ1) is 7.09. The van der Waals surface area contributed by atoms with Crippen LogP contribution in [0.5, 0.6) is 0 Å². The fourth-order valence-corrected chi connectivity index (χ4v) is 1.78. The number of rotatable bonds is 4. The van der Waals surface area contributed by atoms with Gasteiger partial charge >= 0.3 is 0 Å². The van der Waals surface area contributed by atoms with Gasteiger partial charge in [-0.05, 0) is 28.8 Å². The summed E-state index contributed by atoms with van der Waals surface area (Å²) in [5.41, 5.74) is -0.664. The van der Waals surface area contributed by atoms with E-state index in [4.69, 9.17) is 4.74 Å². The van der Waals surface area contributed by atoms with Crippen LogP contribution in [0.25, 0.3) is 0 Å². The lowest BCUT2D eigenvalue weighted by molar-refractivity contribution is -0.0293. The van der Waals surface area contributed by atoms with Gasteiger partial charge in [0.2, 0.25) is 0 Å². The molecule has 15 heavy (non-hydrogen) atoms. The molecule has 0 radical (unpaired) electrons. The van der Waals surface area contributed by atoms with Crippen molar-refractivity contribution in [1.82, 2.24) is 9.97 Å². The minimum atomic E-state index is -0.486. The standard InChI is InChI=1S/C10H15BrN2O2/c1-4-10(5-2,15-3)9-12-6-7(11)8(14)13-9/h6H,4-5H2,1-3H3,(H,12,13,14). The zero-order valence-electron chi connectivity index (χ0n) is 9.13. The topological polar surface area (TPSA) is 55.0 Å². The largest absolute Gasteiger partial charge is 0.370 e. The van der Waals surface area contributed by atoms with E-state index in [2.05, 4.69) is 25.9 Å². The Kier molecular flexibility index (Phi) is 4.04. The Bertz CT molecular complexity index is 377. The summed E-state index contributed by atoms with van der Waals surface area (Å²) < 4.78 is 5.90.